The number of hydrogen-bond acceptors (Lipinski definition) is 4. The van der Waals surface area contributed by atoms with E-state index >= 15 is 0 Å². The van der Waals surface area contributed by atoms with Crippen molar-refractivity contribution in [1.29, 1.82) is 0 Å². The molecule has 1 aliphatic carbocycles. The molecule has 6 heteroatoms. The van der Waals surface area contributed by atoms with Crippen LogP contribution in [0.15, 0.2) is 22.9 Å². The maximum Gasteiger partial charge on any atom is 0.305 e. The fourth-order valence-electron chi connectivity index (χ4n) is 2.95. The van der Waals surface area contributed by atoms with Crippen molar-refractivity contribution in [3.63, 3.8) is 0 Å². The number of unbranched alkanes of at least 4 members (excludes halogenated alkanes) is 1. The molecule has 0 bridgehead atoms. The molecule has 0 radical (unpaired) electrons. The van der Waals surface area contributed by atoms with E-state index in [1.165, 1.54) is 12.3 Å². The lowest BCUT2D eigenvalue weighted by molar-refractivity contribution is -0.140. The first kappa shape index (κ1) is 25.1. The van der Waals surface area contributed by atoms with Gasteiger partial charge in [-0.3, -0.25) is 9.59 Å². The lowest BCUT2D eigenvalue weighted by Gasteiger charge is -2.37. The molecule has 0 fully saturated rings. The summed E-state index contributed by atoms with van der Waals surface area (Å²) in [6.45, 7) is 18.1. The van der Waals surface area contributed by atoms with E-state index in [0.29, 0.717) is 12.8 Å². The lowest BCUT2D eigenvalue weighted by Crippen LogP contribution is -2.43. The summed E-state index contributed by atoms with van der Waals surface area (Å²) < 4.78 is 11.2. The van der Waals surface area contributed by atoms with Gasteiger partial charge in [0.1, 0.15) is 0 Å². The van der Waals surface area contributed by atoms with E-state index in [-0.39, 0.29) is 22.9 Å². The van der Waals surface area contributed by atoms with Gasteiger partial charge in [-0.1, -0.05) is 51.7 Å². The van der Waals surface area contributed by atoms with Gasteiger partial charge in [-0.05, 0) is 49.0 Å². The number of Topliss-reactive ketones (excluding diaryl/α,β-unsaturated/α-hetero) is 1. The predicted molar refractivity (Wildman–Crippen MR) is 122 cm³/mol. The van der Waals surface area contributed by atoms with E-state index in [4.69, 9.17) is 9.16 Å². The van der Waals surface area contributed by atoms with Crippen LogP contribution in [-0.4, -0.2) is 41.4 Å². The quantitative estimate of drug-likeness (QED) is 0.266. The van der Waals surface area contributed by atoms with Crippen molar-refractivity contribution in [3.05, 3.63) is 22.9 Å². The van der Waals surface area contributed by atoms with Gasteiger partial charge in [-0.15, -0.1) is 0 Å². The summed E-state index contributed by atoms with van der Waals surface area (Å²) in [5.41, 5.74) is 0.908. The molecule has 0 saturated heterocycles. The molecule has 1 atom stereocenters. The maximum atomic E-state index is 12.6. The summed E-state index contributed by atoms with van der Waals surface area (Å²) in [6, 6.07) is 0. The van der Waals surface area contributed by atoms with E-state index in [1.54, 1.807) is 0 Å². The van der Waals surface area contributed by atoms with Crippen molar-refractivity contribution in [2.75, 3.05) is 7.11 Å². The van der Waals surface area contributed by atoms with Crippen molar-refractivity contribution >= 4 is 28.1 Å². The van der Waals surface area contributed by atoms with E-state index in [1.807, 2.05) is 0 Å². The molecule has 0 aromatic carbocycles. The molecule has 0 aromatic heterocycles. The van der Waals surface area contributed by atoms with Crippen LogP contribution < -0.4 is 0 Å². The topological polar surface area (TPSA) is 52.6 Å². The largest absolute Gasteiger partial charge is 0.469 e. The van der Waals surface area contributed by atoms with Crippen LogP contribution >= 0.6 is 0 Å². The van der Waals surface area contributed by atoms with Gasteiger partial charge in [0.2, 0.25) is 0 Å². The second-order valence-corrected chi connectivity index (χ2v) is 20.3. The fraction of sp³-hybridized carbons (Fsp3) is 0.727. The molecule has 0 unspecified atom stereocenters. The summed E-state index contributed by atoms with van der Waals surface area (Å²) in [5, 5.41) is 1.51. The number of methoxy groups -OCH3 is 1. The third kappa shape index (κ3) is 7.45. The minimum absolute atomic E-state index is 0.0781. The first-order valence-electron chi connectivity index (χ1n) is 10.4. The number of allylic oxidation sites excluding steroid dienone is 3. The average molecular weight is 425 g/mol. The highest BCUT2D eigenvalue weighted by atomic mass is 28.4. The van der Waals surface area contributed by atoms with Gasteiger partial charge in [0.05, 0.1) is 21.3 Å². The Balaban J connectivity index is 2.85. The summed E-state index contributed by atoms with van der Waals surface area (Å²) in [6.07, 6.45) is 7.52. The van der Waals surface area contributed by atoms with Gasteiger partial charge < -0.3 is 9.16 Å². The van der Waals surface area contributed by atoms with Gasteiger partial charge in [-0.25, -0.2) is 0 Å². The molecule has 0 amide bonds. The standard InChI is InChI=1S/C22H40O4Si2/c1-22(2,3)28(8,9)26-18-14-17(20(23)16-18)15-19(27(5,6)7)12-10-11-13-21(24)25-4/h12,14,18H,10-11,13,15-16H2,1-9H3/b19-12-/t18-/m0/s1. The minimum atomic E-state index is -1.89. The molecule has 0 aliphatic heterocycles. The van der Waals surface area contributed by atoms with Crippen LogP contribution in [0.3, 0.4) is 0 Å². The van der Waals surface area contributed by atoms with Crippen molar-refractivity contribution in [2.24, 2.45) is 0 Å². The molecular formula is C22H40O4Si2. The molecule has 0 saturated carbocycles. The normalized spacial score (nSPS) is 19.0. The van der Waals surface area contributed by atoms with Gasteiger partial charge in [0, 0.05) is 12.8 Å². The number of carbonyl (C=O) groups excluding carboxylic acids is 2. The number of rotatable bonds is 9. The summed E-state index contributed by atoms with van der Waals surface area (Å²) in [7, 11) is -2.02. The third-order valence-corrected chi connectivity index (χ3v) is 12.7. The lowest BCUT2D eigenvalue weighted by atomic mass is 10.1. The van der Waals surface area contributed by atoms with Gasteiger partial charge in [-0.2, -0.15) is 0 Å². The first-order chi connectivity index (χ1) is 12.7. The molecule has 0 N–H and O–H groups in total. The smallest absolute Gasteiger partial charge is 0.305 e. The highest BCUT2D eigenvalue weighted by Gasteiger charge is 2.40. The van der Waals surface area contributed by atoms with Crippen LogP contribution in [0.5, 0.6) is 0 Å². The Kier molecular flexibility index (Phi) is 8.66. The number of ether oxygens (including phenoxy) is 1. The third-order valence-electron chi connectivity index (χ3n) is 5.93. The number of carbonyl (C=O) groups is 2. The second-order valence-electron chi connectivity index (χ2n) is 10.4. The molecule has 1 aliphatic rings. The molecule has 0 spiro atoms. The molecule has 160 valence electrons. The average Bonchev–Trinajstić information content (AvgIpc) is 2.86. The van der Waals surface area contributed by atoms with Gasteiger partial charge >= 0.3 is 5.97 Å². The minimum Gasteiger partial charge on any atom is -0.469 e. The van der Waals surface area contributed by atoms with E-state index < -0.39 is 16.4 Å². The van der Waals surface area contributed by atoms with Gasteiger partial charge in [0.25, 0.3) is 0 Å². The number of hydrogen-bond donors (Lipinski definition) is 0. The molecule has 28 heavy (non-hydrogen) atoms. The van der Waals surface area contributed by atoms with Gasteiger partial charge in [0.15, 0.2) is 14.1 Å². The summed E-state index contributed by atoms with van der Waals surface area (Å²) in [4.78, 5) is 23.9. The summed E-state index contributed by atoms with van der Waals surface area (Å²) in [5.74, 6) is 0.0599. The Morgan fingerprint density at radius 2 is 1.82 bits per heavy atom. The Morgan fingerprint density at radius 3 is 2.32 bits per heavy atom. The zero-order valence-electron chi connectivity index (χ0n) is 19.4. The van der Waals surface area contributed by atoms with Crippen LogP contribution in [0, 0.1) is 0 Å². The van der Waals surface area contributed by atoms with Crippen LogP contribution in [-0.2, 0) is 18.8 Å². The fourth-order valence-corrected chi connectivity index (χ4v) is 5.69. The Hall–Kier alpha value is -0.986. The maximum absolute atomic E-state index is 12.6. The summed E-state index contributed by atoms with van der Waals surface area (Å²) >= 11 is 0. The van der Waals surface area contributed by atoms with Crippen molar-refractivity contribution in [2.45, 2.75) is 96.8 Å². The van der Waals surface area contributed by atoms with Crippen LogP contribution in [0.2, 0.25) is 37.8 Å². The Labute approximate surface area is 173 Å². The van der Waals surface area contributed by atoms with E-state index in [0.717, 1.165) is 24.8 Å². The van der Waals surface area contributed by atoms with Crippen molar-refractivity contribution in [3.8, 4) is 0 Å². The molecule has 0 aromatic rings. The zero-order valence-corrected chi connectivity index (χ0v) is 21.4. The van der Waals surface area contributed by atoms with E-state index in [9.17, 15) is 9.59 Å². The van der Waals surface area contributed by atoms with Crippen LogP contribution in [0.25, 0.3) is 0 Å². The number of ketones is 1. The second kappa shape index (κ2) is 9.68. The van der Waals surface area contributed by atoms with E-state index in [2.05, 4.69) is 65.7 Å². The molecule has 1 rings (SSSR count). The van der Waals surface area contributed by atoms with Crippen LogP contribution in [0.4, 0.5) is 0 Å². The predicted octanol–water partition coefficient (Wildman–Crippen LogP) is 5.81. The van der Waals surface area contributed by atoms with Crippen molar-refractivity contribution < 1.29 is 18.8 Å². The first-order valence-corrected chi connectivity index (χ1v) is 16.8. The Morgan fingerprint density at radius 1 is 1.21 bits per heavy atom. The monoisotopic (exact) mass is 424 g/mol. The molecule has 4 nitrogen and oxygen atoms in total. The molecular weight excluding hydrogens is 384 g/mol. The molecule has 0 heterocycles. The van der Waals surface area contributed by atoms with Crippen LogP contribution in [0.1, 0.15) is 52.9 Å². The highest BCUT2D eigenvalue weighted by molar-refractivity contribution is 6.83. The number of esters is 1. The SMILES string of the molecule is COC(=O)CCC/C=C(/CC1=C[C@H](O[Si](C)(C)C(C)(C)C)CC1=O)[Si](C)(C)C. The highest BCUT2D eigenvalue weighted by Crippen LogP contribution is 2.39. The van der Waals surface area contributed by atoms with Crippen molar-refractivity contribution in [1.82, 2.24) is 0 Å². The zero-order chi connectivity index (χ0) is 21.8. The Bertz CT molecular complexity index is 634.